The Hall–Kier alpha value is -1.75. The Kier molecular flexibility index (Phi) is 3.53. The van der Waals surface area contributed by atoms with Crippen LogP contribution in [0.2, 0.25) is 0 Å². The van der Waals surface area contributed by atoms with Gasteiger partial charge in [-0.2, -0.15) is 5.10 Å². The van der Waals surface area contributed by atoms with E-state index in [0.29, 0.717) is 24.7 Å². The van der Waals surface area contributed by atoms with Gasteiger partial charge in [0.15, 0.2) is 17.8 Å². The van der Waals surface area contributed by atoms with Gasteiger partial charge in [-0.3, -0.25) is 0 Å². The van der Waals surface area contributed by atoms with E-state index in [1.807, 2.05) is 44.2 Å². The minimum absolute atomic E-state index is 0.0681. The summed E-state index contributed by atoms with van der Waals surface area (Å²) in [5.74, 6) is 0.971. The van der Waals surface area contributed by atoms with Crippen LogP contribution in [0.1, 0.15) is 49.7 Å². The molecule has 0 aliphatic carbocycles. The molecule has 0 unspecified atom stereocenters. The van der Waals surface area contributed by atoms with Crippen LogP contribution in [0.5, 0.6) is 0 Å². The Morgan fingerprint density at radius 3 is 2.80 bits per heavy atom. The number of aromatic nitrogens is 3. The molecule has 0 saturated heterocycles. The second-order valence-corrected chi connectivity index (χ2v) is 5.32. The zero-order chi connectivity index (χ0) is 14.1. The van der Waals surface area contributed by atoms with Crippen LogP contribution in [-0.2, 0) is 11.3 Å². The summed E-state index contributed by atoms with van der Waals surface area (Å²) < 4.78 is 21.3. The van der Waals surface area contributed by atoms with E-state index >= 15 is 0 Å². The molecule has 0 radical (unpaired) electrons. The first-order chi connectivity index (χ1) is 9.65. The highest BCUT2D eigenvalue weighted by molar-refractivity contribution is 5.23. The second-order valence-electron chi connectivity index (χ2n) is 5.32. The summed E-state index contributed by atoms with van der Waals surface area (Å²) in [6.07, 6.45) is -0.537. The second kappa shape index (κ2) is 5.32. The standard InChI is InChI=1S/C15H18FN3O/c1-10(2)20-9-14-17-15-12(16)8-13(19(15)18-14)11-6-4-3-5-7-11/h3-7,10,12-13H,8-9H2,1-2H3/t12-,13-/m0/s1. The molecule has 0 fully saturated rings. The first kappa shape index (κ1) is 13.2. The summed E-state index contributed by atoms with van der Waals surface area (Å²) >= 11 is 0. The first-order valence-corrected chi connectivity index (χ1v) is 6.91. The molecule has 106 valence electrons. The summed E-state index contributed by atoms with van der Waals surface area (Å²) in [7, 11) is 0. The number of ether oxygens (including phenoxy) is 1. The lowest BCUT2D eigenvalue weighted by molar-refractivity contribution is 0.0609. The minimum Gasteiger partial charge on any atom is -0.371 e. The van der Waals surface area contributed by atoms with E-state index in [-0.39, 0.29) is 12.1 Å². The summed E-state index contributed by atoms with van der Waals surface area (Å²) in [6.45, 7) is 4.23. The van der Waals surface area contributed by atoms with E-state index in [0.717, 1.165) is 5.56 Å². The van der Waals surface area contributed by atoms with Crippen LogP contribution in [0.25, 0.3) is 0 Å². The molecular formula is C15H18FN3O. The highest BCUT2D eigenvalue weighted by Crippen LogP contribution is 2.39. The van der Waals surface area contributed by atoms with Crippen LogP contribution in [-0.4, -0.2) is 20.9 Å². The zero-order valence-corrected chi connectivity index (χ0v) is 11.7. The van der Waals surface area contributed by atoms with Gasteiger partial charge < -0.3 is 4.74 Å². The number of fused-ring (bicyclic) bond motifs is 1. The van der Waals surface area contributed by atoms with Crippen LogP contribution in [0.3, 0.4) is 0 Å². The lowest BCUT2D eigenvalue weighted by Crippen LogP contribution is -2.09. The van der Waals surface area contributed by atoms with Crippen molar-refractivity contribution in [2.75, 3.05) is 0 Å². The van der Waals surface area contributed by atoms with Gasteiger partial charge in [0.25, 0.3) is 0 Å². The molecule has 20 heavy (non-hydrogen) atoms. The summed E-state index contributed by atoms with van der Waals surface area (Å²) in [5.41, 5.74) is 1.06. The summed E-state index contributed by atoms with van der Waals surface area (Å²) in [5, 5.41) is 4.41. The fourth-order valence-electron chi connectivity index (χ4n) is 2.48. The number of nitrogens with zero attached hydrogens (tertiary/aromatic N) is 3. The highest BCUT2D eigenvalue weighted by Gasteiger charge is 2.35. The van der Waals surface area contributed by atoms with E-state index < -0.39 is 6.17 Å². The molecule has 5 heteroatoms. The maximum Gasteiger partial charge on any atom is 0.176 e. The molecule has 1 aliphatic rings. The molecule has 4 nitrogen and oxygen atoms in total. The number of halogens is 1. The molecule has 2 heterocycles. The molecule has 3 rings (SSSR count). The van der Waals surface area contributed by atoms with Crippen molar-refractivity contribution in [2.24, 2.45) is 0 Å². The number of hydrogen-bond donors (Lipinski definition) is 0. The van der Waals surface area contributed by atoms with Crippen LogP contribution in [0.15, 0.2) is 30.3 Å². The van der Waals surface area contributed by atoms with Crippen LogP contribution in [0.4, 0.5) is 4.39 Å². The van der Waals surface area contributed by atoms with Crippen molar-refractivity contribution in [3.8, 4) is 0 Å². The van der Waals surface area contributed by atoms with Crippen molar-refractivity contribution >= 4 is 0 Å². The highest BCUT2D eigenvalue weighted by atomic mass is 19.1. The Morgan fingerprint density at radius 2 is 2.10 bits per heavy atom. The summed E-state index contributed by atoms with van der Waals surface area (Å²) in [6, 6.07) is 9.80. The predicted octanol–water partition coefficient (Wildman–Crippen LogP) is 3.21. The average Bonchev–Trinajstić information content (AvgIpc) is 2.98. The predicted molar refractivity (Wildman–Crippen MR) is 73.0 cm³/mol. The monoisotopic (exact) mass is 275 g/mol. The molecule has 1 aromatic carbocycles. The molecule has 2 aromatic rings. The third-order valence-electron chi connectivity index (χ3n) is 3.44. The molecule has 1 aliphatic heterocycles. The molecule has 2 atom stereocenters. The number of rotatable bonds is 4. The lowest BCUT2D eigenvalue weighted by atomic mass is 10.0. The number of hydrogen-bond acceptors (Lipinski definition) is 3. The van der Waals surface area contributed by atoms with Gasteiger partial charge in [-0.05, 0) is 19.4 Å². The maximum atomic E-state index is 14.1. The Balaban J connectivity index is 1.86. The Labute approximate surface area is 117 Å². The number of alkyl halides is 1. The first-order valence-electron chi connectivity index (χ1n) is 6.91. The average molecular weight is 275 g/mol. The molecule has 0 saturated carbocycles. The SMILES string of the molecule is CC(C)OCc1nc2n(n1)[C@H](c1ccccc1)C[C@@H]2F. The quantitative estimate of drug-likeness (QED) is 0.860. The van der Waals surface area contributed by atoms with Crippen LogP contribution >= 0.6 is 0 Å². The Morgan fingerprint density at radius 1 is 1.35 bits per heavy atom. The molecule has 1 aromatic heterocycles. The number of benzene rings is 1. The fraction of sp³-hybridized carbons (Fsp3) is 0.467. The maximum absolute atomic E-state index is 14.1. The van der Waals surface area contributed by atoms with E-state index in [4.69, 9.17) is 4.74 Å². The van der Waals surface area contributed by atoms with Crippen molar-refractivity contribution in [1.82, 2.24) is 14.8 Å². The topological polar surface area (TPSA) is 39.9 Å². The van der Waals surface area contributed by atoms with E-state index in [1.54, 1.807) is 4.68 Å². The fourth-order valence-corrected chi connectivity index (χ4v) is 2.48. The third-order valence-corrected chi connectivity index (χ3v) is 3.44. The zero-order valence-electron chi connectivity index (χ0n) is 11.7. The van der Waals surface area contributed by atoms with Crippen molar-refractivity contribution in [3.63, 3.8) is 0 Å². The van der Waals surface area contributed by atoms with E-state index in [1.165, 1.54) is 0 Å². The minimum atomic E-state index is -1.06. The van der Waals surface area contributed by atoms with Gasteiger partial charge >= 0.3 is 0 Å². The van der Waals surface area contributed by atoms with Crippen molar-refractivity contribution in [3.05, 3.63) is 47.5 Å². The normalized spacial score (nSPS) is 21.4. The van der Waals surface area contributed by atoms with Gasteiger partial charge in [-0.1, -0.05) is 30.3 Å². The molecule has 0 spiro atoms. The largest absolute Gasteiger partial charge is 0.371 e. The van der Waals surface area contributed by atoms with Crippen LogP contribution in [0, 0.1) is 0 Å². The molecule has 0 amide bonds. The van der Waals surface area contributed by atoms with Gasteiger partial charge in [0.2, 0.25) is 0 Å². The van der Waals surface area contributed by atoms with Gasteiger partial charge in [0, 0.05) is 6.42 Å². The smallest absolute Gasteiger partial charge is 0.176 e. The molecule has 0 bridgehead atoms. The van der Waals surface area contributed by atoms with Gasteiger partial charge in [-0.25, -0.2) is 14.1 Å². The molecule has 0 N–H and O–H groups in total. The van der Waals surface area contributed by atoms with Crippen LogP contribution < -0.4 is 0 Å². The van der Waals surface area contributed by atoms with Crippen molar-refractivity contribution in [1.29, 1.82) is 0 Å². The molecular weight excluding hydrogens is 257 g/mol. The lowest BCUT2D eigenvalue weighted by Gasteiger charge is -2.11. The Bertz CT molecular complexity index is 582. The van der Waals surface area contributed by atoms with Gasteiger partial charge in [0.1, 0.15) is 6.61 Å². The third kappa shape index (κ3) is 2.45. The van der Waals surface area contributed by atoms with Crippen molar-refractivity contribution < 1.29 is 9.13 Å². The van der Waals surface area contributed by atoms with Gasteiger partial charge in [0.05, 0.1) is 12.1 Å². The van der Waals surface area contributed by atoms with E-state index in [2.05, 4.69) is 10.1 Å². The van der Waals surface area contributed by atoms with Gasteiger partial charge in [-0.15, -0.1) is 0 Å². The van der Waals surface area contributed by atoms with E-state index in [9.17, 15) is 4.39 Å². The summed E-state index contributed by atoms with van der Waals surface area (Å²) in [4.78, 5) is 4.27. The van der Waals surface area contributed by atoms with Crippen molar-refractivity contribution in [2.45, 2.75) is 45.2 Å².